The number of quaternary nitrogens is 2. The molecular formula is C27H52I2N2. The summed E-state index contributed by atoms with van der Waals surface area (Å²) < 4.78 is 3.04. The molecule has 0 aromatic heterocycles. The van der Waals surface area contributed by atoms with Crippen molar-refractivity contribution in [3.63, 3.8) is 0 Å². The molecule has 2 nitrogen and oxygen atoms in total. The van der Waals surface area contributed by atoms with E-state index in [1.807, 2.05) is 0 Å². The maximum absolute atomic E-state index is 1.54. The first kappa shape index (κ1) is 28.6. The van der Waals surface area contributed by atoms with Gasteiger partial charge in [0.2, 0.25) is 0 Å². The third-order valence-electron chi connectivity index (χ3n) is 9.54. The van der Waals surface area contributed by atoms with Gasteiger partial charge in [-0.2, -0.15) is 0 Å². The number of rotatable bonds is 10. The van der Waals surface area contributed by atoms with E-state index in [0.29, 0.717) is 0 Å². The van der Waals surface area contributed by atoms with Crippen molar-refractivity contribution >= 4 is 0 Å². The number of nitrogens with zero attached hydrogens (tertiary/aromatic N) is 2. The van der Waals surface area contributed by atoms with Crippen molar-refractivity contribution in [3.05, 3.63) is 0 Å². The molecule has 0 aromatic carbocycles. The normalized spacial score (nSPS) is 26.3. The van der Waals surface area contributed by atoms with E-state index in [1.165, 1.54) is 132 Å². The SMILES string of the molecule is C1CCC(C[N+]2(CCCCC[N+]3(CC4CCCCC4)CCCC3)CCCC2)CC1.[I-].[I-]. The summed E-state index contributed by atoms with van der Waals surface area (Å²) in [6.45, 7) is 12.2. The topological polar surface area (TPSA) is 0 Å². The van der Waals surface area contributed by atoms with Crippen LogP contribution in [0.15, 0.2) is 0 Å². The second-order valence-electron chi connectivity index (χ2n) is 11.9. The van der Waals surface area contributed by atoms with E-state index >= 15 is 0 Å². The molecule has 0 radical (unpaired) electrons. The third-order valence-corrected chi connectivity index (χ3v) is 9.54. The van der Waals surface area contributed by atoms with Gasteiger partial charge in [0, 0.05) is 37.5 Å². The zero-order valence-corrected chi connectivity index (χ0v) is 24.8. The summed E-state index contributed by atoms with van der Waals surface area (Å²) in [5.41, 5.74) is 0. The van der Waals surface area contributed by atoms with Gasteiger partial charge in [0.1, 0.15) is 0 Å². The molecule has 0 atom stereocenters. The summed E-state index contributed by atoms with van der Waals surface area (Å²) >= 11 is 0. The second-order valence-corrected chi connectivity index (χ2v) is 11.9. The average molecular weight is 659 g/mol. The highest BCUT2D eigenvalue weighted by Crippen LogP contribution is 2.32. The zero-order valence-electron chi connectivity index (χ0n) is 20.5. The van der Waals surface area contributed by atoms with Crippen molar-refractivity contribution in [1.82, 2.24) is 0 Å². The molecule has 4 aliphatic rings. The minimum Gasteiger partial charge on any atom is -1.00 e. The lowest BCUT2D eigenvalue weighted by molar-refractivity contribution is -0.922. The summed E-state index contributed by atoms with van der Waals surface area (Å²) in [4.78, 5) is 0. The molecule has 0 aromatic rings. The molecule has 4 rings (SSSR count). The van der Waals surface area contributed by atoms with Crippen LogP contribution in [0.2, 0.25) is 0 Å². The molecular weight excluding hydrogens is 606 g/mol. The first-order valence-electron chi connectivity index (χ1n) is 14.0. The molecule has 31 heavy (non-hydrogen) atoms. The predicted molar refractivity (Wildman–Crippen MR) is 125 cm³/mol. The van der Waals surface area contributed by atoms with E-state index in [4.69, 9.17) is 0 Å². The number of unbranched alkanes of at least 4 members (excludes halogenated alkanes) is 2. The van der Waals surface area contributed by atoms with Crippen LogP contribution in [0.5, 0.6) is 0 Å². The van der Waals surface area contributed by atoms with E-state index < -0.39 is 0 Å². The molecule has 4 fully saturated rings. The second kappa shape index (κ2) is 14.7. The Bertz CT molecular complexity index is 418. The Morgan fingerprint density at radius 2 is 0.774 bits per heavy atom. The van der Waals surface area contributed by atoms with E-state index in [1.54, 1.807) is 38.8 Å². The molecule has 0 spiro atoms. The van der Waals surface area contributed by atoms with Gasteiger partial charge in [0.05, 0.1) is 52.4 Å². The summed E-state index contributed by atoms with van der Waals surface area (Å²) in [5, 5.41) is 0. The Labute approximate surface area is 228 Å². The molecule has 4 heteroatoms. The van der Waals surface area contributed by atoms with Crippen molar-refractivity contribution < 1.29 is 56.9 Å². The monoisotopic (exact) mass is 658 g/mol. The van der Waals surface area contributed by atoms with Crippen LogP contribution in [0.1, 0.15) is 109 Å². The van der Waals surface area contributed by atoms with Crippen LogP contribution in [0, 0.1) is 11.8 Å². The van der Waals surface area contributed by atoms with Gasteiger partial charge in [0.25, 0.3) is 0 Å². The fourth-order valence-electron chi connectivity index (χ4n) is 7.91. The highest BCUT2D eigenvalue weighted by molar-refractivity contribution is 4.69. The van der Waals surface area contributed by atoms with Crippen molar-refractivity contribution in [2.75, 3.05) is 52.4 Å². The molecule has 184 valence electrons. The quantitative estimate of drug-likeness (QED) is 0.183. The van der Waals surface area contributed by atoms with Crippen LogP contribution in [0.3, 0.4) is 0 Å². The fraction of sp³-hybridized carbons (Fsp3) is 1.00. The van der Waals surface area contributed by atoms with E-state index in [-0.39, 0.29) is 48.0 Å². The molecule has 0 unspecified atom stereocenters. The van der Waals surface area contributed by atoms with Gasteiger partial charge in [-0.3, -0.25) is 0 Å². The zero-order chi connectivity index (χ0) is 19.8. The van der Waals surface area contributed by atoms with Gasteiger partial charge in [0.15, 0.2) is 0 Å². The Kier molecular flexibility index (Phi) is 13.6. The first-order valence-corrected chi connectivity index (χ1v) is 14.0. The molecule has 2 heterocycles. The van der Waals surface area contributed by atoms with E-state index in [2.05, 4.69) is 0 Å². The van der Waals surface area contributed by atoms with Crippen molar-refractivity contribution in [3.8, 4) is 0 Å². The van der Waals surface area contributed by atoms with Crippen LogP contribution >= 0.6 is 0 Å². The Hall–Kier alpha value is 1.38. The van der Waals surface area contributed by atoms with Crippen LogP contribution in [-0.4, -0.2) is 61.3 Å². The largest absolute Gasteiger partial charge is 1.00 e. The summed E-state index contributed by atoms with van der Waals surface area (Å²) in [6, 6.07) is 0. The molecule has 0 bridgehead atoms. The number of likely N-dealkylation sites (tertiary alicyclic amines) is 2. The first-order chi connectivity index (χ1) is 14.3. The smallest absolute Gasteiger partial charge is 0.0815 e. The summed E-state index contributed by atoms with van der Waals surface area (Å²) in [5.74, 6) is 2.13. The lowest BCUT2D eigenvalue weighted by Crippen LogP contribution is -3.00. The maximum Gasteiger partial charge on any atom is 0.0815 e. The number of hydrogen-bond donors (Lipinski definition) is 0. The van der Waals surface area contributed by atoms with Crippen LogP contribution in [0.4, 0.5) is 0 Å². The molecule has 0 N–H and O–H groups in total. The molecule has 2 saturated carbocycles. The van der Waals surface area contributed by atoms with E-state index in [9.17, 15) is 0 Å². The van der Waals surface area contributed by atoms with Crippen LogP contribution in [-0.2, 0) is 0 Å². The van der Waals surface area contributed by atoms with Gasteiger partial charge in [-0.1, -0.05) is 38.5 Å². The van der Waals surface area contributed by atoms with Gasteiger partial charge in [-0.05, 0) is 44.9 Å². The summed E-state index contributed by atoms with van der Waals surface area (Å²) in [7, 11) is 0. The van der Waals surface area contributed by atoms with Gasteiger partial charge < -0.3 is 56.9 Å². The van der Waals surface area contributed by atoms with Crippen LogP contribution < -0.4 is 48.0 Å². The minimum absolute atomic E-state index is 0. The third kappa shape index (κ3) is 8.83. The Balaban J connectivity index is 0.00000171. The Morgan fingerprint density at radius 1 is 0.419 bits per heavy atom. The molecule has 2 saturated heterocycles. The highest BCUT2D eigenvalue weighted by atomic mass is 127. The highest BCUT2D eigenvalue weighted by Gasteiger charge is 2.36. The predicted octanol–water partition coefficient (Wildman–Crippen LogP) is 0.547. The summed E-state index contributed by atoms with van der Waals surface area (Å²) in [6.07, 6.45) is 25.8. The van der Waals surface area contributed by atoms with Crippen molar-refractivity contribution in [2.45, 2.75) is 109 Å². The molecule has 2 aliphatic carbocycles. The average Bonchev–Trinajstić information content (AvgIpc) is 3.40. The van der Waals surface area contributed by atoms with Gasteiger partial charge >= 0.3 is 0 Å². The molecule has 0 amide bonds. The van der Waals surface area contributed by atoms with Gasteiger partial charge in [-0.15, -0.1) is 0 Å². The lowest BCUT2D eigenvalue weighted by atomic mass is 9.88. The Morgan fingerprint density at radius 3 is 1.13 bits per heavy atom. The standard InChI is InChI=1S/C27H52N2.2HI/c1-4-14-26(15-5-1)24-28(20-10-11-21-28)18-8-3-9-19-29(22-12-13-23-29)25-27-16-6-2-7-17-27;;/h26-27H,1-25H2;2*1H/q+2;;/p-2. The number of hydrogen-bond acceptors (Lipinski definition) is 0. The van der Waals surface area contributed by atoms with E-state index in [0.717, 1.165) is 11.8 Å². The van der Waals surface area contributed by atoms with Crippen LogP contribution in [0.25, 0.3) is 0 Å². The van der Waals surface area contributed by atoms with Crippen molar-refractivity contribution in [1.29, 1.82) is 0 Å². The van der Waals surface area contributed by atoms with Crippen molar-refractivity contribution in [2.24, 2.45) is 11.8 Å². The molecule has 2 aliphatic heterocycles. The lowest BCUT2D eigenvalue weighted by Gasteiger charge is -2.39. The number of halogens is 2. The van der Waals surface area contributed by atoms with Gasteiger partial charge in [-0.25, -0.2) is 0 Å². The fourth-order valence-corrected chi connectivity index (χ4v) is 7.91. The maximum atomic E-state index is 1.54. The minimum atomic E-state index is 0.